The van der Waals surface area contributed by atoms with Crippen molar-refractivity contribution in [1.82, 2.24) is 5.32 Å². The standard InChI is InChI=1S/C15H25NS/c1-3-12-5-6-14(9-12)15(16-4-2)10-13-7-8-17-11-13/h7-8,11-12,14-16H,3-6,9-10H2,1-2H3. The summed E-state index contributed by atoms with van der Waals surface area (Å²) in [6, 6.07) is 2.98. The van der Waals surface area contributed by atoms with Gasteiger partial charge in [0, 0.05) is 6.04 Å². The first-order chi connectivity index (χ1) is 8.33. The Bertz CT molecular complexity index is 307. The maximum Gasteiger partial charge on any atom is 0.0136 e. The van der Waals surface area contributed by atoms with Gasteiger partial charge in [0.05, 0.1) is 0 Å². The normalized spacial score (nSPS) is 26.2. The van der Waals surface area contributed by atoms with Crippen LogP contribution in [0, 0.1) is 11.8 Å². The highest BCUT2D eigenvalue weighted by atomic mass is 32.1. The summed E-state index contributed by atoms with van der Waals surface area (Å²) in [5, 5.41) is 8.21. The number of rotatable bonds is 6. The molecule has 1 aromatic rings. The predicted molar refractivity (Wildman–Crippen MR) is 76.6 cm³/mol. The van der Waals surface area contributed by atoms with E-state index < -0.39 is 0 Å². The molecule has 1 aliphatic rings. The van der Waals surface area contributed by atoms with Crippen LogP contribution in [0.1, 0.15) is 45.1 Å². The van der Waals surface area contributed by atoms with Crippen molar-refractivity contribution in [3.63, 3.8) is 0 Å². The van der Waals surface area contributed by atoms with Crippen LogP contribution in [0.4, 0.5) is 0 Å². The highest BCUT2D eigenvalue weighted by Gasteiger charge is 2.29. The number of thiophene rings is 1. The third-order valence-electron chi connectivity index (χ3n) is 4.23. The molecule has 0 aliphatic heterocycles. The van der Waals surface area contributed by atoms with Crippen molar-refractivity contribution in [1.29, 1.82) is 0 Å². The number of hydrogen-bond donors (Lipinski definition) is 1. The first-order valence-corrected chi connectivity index (χ1v) is 8.02. The molecule has 1 N–H and O–H groups in total. The van der Waals surface area contributed by atoms with E-state index in [1.807, 2.05) is 11.3 Å². The van der Waals surface area contributed by atoms with Crippen molar-refractivity contribution in [2.24, 2.45) is 11.8 Å². The molecule has 2 heteroatoms. The number of nitrogens with one attached hydrogen (secondary N) is 1. The van der Waals surface area contributed by atoms with E-state index >= 15 is 0 Å². The van der Waals surface area contributed by atoms with Crippen LogP contribution < -0.4 is 5.32 Å². The molecule has 1 nitrogen and oxygen atoms in total. The van der Waals surface area contributed by atoms with E-state index in [9.17, 15) is 0 Å². The molecule has 1 heterocycles. The topological polar surface area (TPSA) is 12.0 Å². The van der Waals surface area contributed by atoms with E-state index in [1.54, 1.807) is 0 Å². The Kier molecular flexibility index (Phi) is 5.05. The average molecular weight is 251 g/mol. The molecule has 0 amide bonds. The van der Waals surface area contributed by atoms with Gasteiger partial charge in [-0.05, 0) is 60.0 Å². The lowest BCUT2D eigenvalue weighted by atomic mass is 9.91. The van der Waals surface area contributed by atoms with Crippen molar-refractivity contribution in [3.8, 4) is 0 Å². The van der Waals surface area contributed by atoms with Gasteiger partial charge in [-0.25, -0.2) is 0 Å². The van der Waals surface area contributed by atoms with E-state index in [1.165, 1.54) is 37.7 Å². The summed E-state index contributed by atoms with van der Waals surface area (Å²) in [6.07, 6.45) is 6.91. The van der Waals surface area contributed by atoms with Gasteiger partial charge in [-0.1, -0.05) is 26.7 Å². The molecule has 96 valence electrons. The minimum atomic E-state index is 0.700. The van der Waals surface area contributed by atoms with Crippen molar-refractivity contribution >= 4 is 11.3 Å². The van der Waals surface area contributed by atoms with Crippen molar-refractivity contribution in [3.05, 3.63) is 22.4 Å². The highest BCUT2D eigenvalue weighted by molar-refractivity contribution is 7.07. The molecule has 3 unspecified atom stereocenters. The van der Waals surface area contributed by atoms with Crippen molar-refractivity contribution in [2.45, 2.75) is 52.0 Å². The monoisotopic (exact) mass is 251 g/mol. The van der Waals surface area contributed by atoms with E-state index in [-0.39, 0.29) is 0 Å². The maximum absolute atomic E-state index is 3.71. The van der Waals surface area contributed by atoms with Gasteiger partial charge in [0.25, 0.3) is 0 Å². The van der Waals surface area contributed by atoms with Gasteiger partial charge < -0.3 is 5.32 Å². The fourth-order valence-electron chi connectivity index (χ4n) is 3.18. The molecule has 0 aromatic carbocycles. The molecule has 1 fully saturated rings. The van der Waals surface area contributed by atoms with Crippen molar-refractivity contribution < 1.29 is 0 Å². The SMILES string of the molecule is CCNC(Cc1ccsc1)C1CCC(CC)C1. The zero-order chi connectivity index (χ0) is 12.1. The van der Waals surface area contributed by atoms with Crippen LogP contribution in [0.5, 0.6) is 0 Å². The van der Waals surface area contributed by atoms with Crippen LogP contribution >= 0.6 is 11.3 Å². The average Bonchev–Trinajstić information content (AvgIpc) is 2.99. The lowest BCUT2D eigenvalue weighted by Gasteiger charge is -2.24. The second kappa shape index (κ2) is 6.55. The third kappa shape index (κ3) is 3.56. The van der Waals surface area contributed by atoms with Crippen LogP contribution in [-0.4, -0.2) is 12.6 Å². The fourth-order valence-corrected chi connectivity index (χ4v) is 3.86. The zero-order valence-corrected chi connectivity index (χ0v) is 11.9. The Morgan fingerprint density at radius 1 is 1.41 bits per heavy atom. The molecule has 17 heavy (non-hydrogen) atoms. The van der Waals surface area contributed by atoms with E-state index in [4.69, 9.17) is 0 Å². The summed E-state index contributed by atoms with van der Waals surface area (Å²) < 4.78 is 0. The molecular formula is C15H25NS. The summed E-state index contributed by atoms with van der Waals surface area (Å²) in [5.41, 5.74) is 1.51. The molecule has 0 saturated heterocycles. The Labute approximate surface area is 110 Å². The summed E-state index contributed by atoms with van der Waals surface area (Å²) >= 11 is 1.82. The zero-order valence-electron chi connectivity index (χ0n) is 11.1. The Hall–Kier alpha value is -0.340. The number of likely N-dealkylation sites (N-methyl/N-ethyl adjacent to an activating group) is 1. The largest absolute Gasteiger partial charge is 0.314 e. The summed E-state index contributed by atoms with van der Waals surface area (Å²) in [7, 11) is 0. The molecule has 1 aromatic heterocycles. The second-order valence-corrected chi connectivity index (χ2v) is 6.13. The molecule has 3 atom stereocenters. The molecular weight excluding hydrogens is 226 g/mol. The van der Waals surface area contributed by atoms with Gasteiger partial charge in [-0.2, -0.15) is 11.3 Å². The van der Waals surface area contributed by atoms with Gasteiger partial charge in [0.1, 0.15) is 0 Å². The van der Waals surface area contributed by atoms with Crippen LogP contribution in [0.25, 0.3) is 0 Å². The van der Waals surface area contributed by atoms with Crippen LogP contribution in [0.3, 0.4) is 0 Å². The molecule has 1 aliphatic carbocycles. The van der Waals surface area contributed by atoms with Gasteiger partial charge >= 0.3 is 0 Å². The number of hydrogen-bond acceptors (Lipinski definition) is 2. The fraction of sp³-hybridized carbons (Fsp3) is 0.733. The summed E-state index contributed by atoms with van der Waals surface area (Å²) in [5.74, 6) is 1.89. The van der Waals surface area contributed by atoms with E-state index in [0.29, 0.717) is 6.04 Å². The van der Waals surface area contributed by atoms with Gasteiger partial charge in [0.15, 0.2) is 0 Å². The quantitative estimate of drug-likeness (QED) is 0.803. The van der Waals surface area contributed by atoms with Gasteiger partial charge in [0.2, 0.25) is 0 Å². The van der Waals surface area contributed by atoms with Crippen LogP contribution in [0.15, 0.2) is 16.8 Å². The summed E-state index contributed by atoms with van der Waals surface area (Å²) in [6.45, 7) is 5.67. The molecule has 0 spiro atoms. The highest BCUT2D eigenvalue weighted by Crippen LogP contribution is 2.35. The minimum Gasteiger partial charge on any atom is -0.314 e. The third-order valence-corrected chi connectivity index (χ3v) is 4.96. The van der Waals surface area contributed by atoms with Crippen molar-refractivity contribution in [2.75, 3.05) is 6.54 Å². The van der Waals surface area contributed by atoms with E-state index in [0.717, 1.165) is 18.4 Å². The minimum absolute atomic E-state index is 0.700. The van der Waals surface area contributed by atoms with E-state index in [2.05, 4.69) is 36.0 Å². The molecule has 0 bridgehead atoms. The first-order valence-electron chi connectivity index (χ1n) is 7.07. The second-order valence-electron chi connectivity index (χ2n) is 5.35. The molecule has 2 rings (SSSR count). The smallest absolute Gasteiger partial charge is 0.0136 e. The lowest BCUT2D eigenvalue weighted by molar-refractivity contribution is 0.349. The van der Waals surface area contributed by atoms with Crippen LogP contribution in [-0.2, 0) is 6.42 Å². The molecule has 1 saturated carbocycles. The Morgan fingerprint density at radius 3 is 2.88 bits per heavy atom. The van der Waals surface area contributed by atoms with Gasteiger partial charge in [-0.3, -0.25) is 0 Å². The summed E-state index contributed by atoms with van der Waals surface area (Å²) in [4.78, 5) is 0. The van der Waals surface area contributed by atoms with Gasteiger partial charge in [-0.15, -0.1) is 0 Å². The Morgan fingerprint density at radius 2 is 2.29 bits per heavy atom. The molecule has 0 radical (unpaired) electrons. The Balaban J connectivity index is 1.92. The predicted octanol–water partition coefficient (Wildman–Crippen LogP) is 4.10. The maximum atomic E-state index is 3.71. The van der Waals surface area contributed by atoms with Crippen LogP contribution in [0.2, 0.25) is 0 Å². The first kappa shape index (κ1) is 13.1. The lowest BCUT2D eigenvalue weighted by Crippen LogP contribution is -2.37.